The second-order valence-corrected chi connectivity index (χ2v) is 3.08. The molecule has 0 aliphatic rings. The highest BCUT2D eigenvalue weighted by molar-refractivity contribution is 5.44. The molecule has 76 valence electrons. The van der Waals surface area contributed by atoms with E-state index in [1.54, 1.807) is 0 Å². The van der Waals surface area contributed by atoms with Crippen molar-refractivity contribution in [3.8, 4) is 0 Å². The van der Waals surface area contributed by atoms with E-state index in [0.29, 0.717) is 0 Å². The van der Waals surface area contributed by atoms with Crippen LogP contribution in [-0.4, -0.2) is 14.4 Å². The van der Waals surface area contributed by atoms with E-state index in [0.717, 1.165) is 22.7 Å². The van der Waals surface area contributed by atoms with E-state index in [1.807, 2.05) is 51.4 Å². The SMILES string of the molecule is CC.Cc1cn2cc(C)nc2c(C)n1. The Morgan fingerprint density at radius 3 is 2.00 bits per heavy atom. The van der Waals surface area contributed by atoms with Gasteiger partial charge < -0.3 is 4.40 Å². The first-order valence-corrected chi connectivity index (χ1v) is 4.96. The van der Waals surface area contributed by atoms with Crippen LogP contribution in [-0.2, 0) is 0 Å². The van der Waals surface area contributed by atoms with Crippen molar-refractivity contribution in [2.45, 2.75) is 34.6 Å². The smallest absolute Gasteiger partial charge is 0.158 e. The summed E-state index contributed by atoms with van der Waals surface area (Å²) in [5.41, 5.74) is 4.00. The molecule has 0 amide bonds. The Morgan fingerprint density at radius 1 is 0.929 bits per heavy atom. The normalized spacial score (nSPS) is 9.79. The second-order valence-electron chi connectivity index (χ2n) is 3.08. The molecule has 0 aliphatic heterocycles. The number of imidazole rings is 1. The average Bonchev–Trinajstić information content (AvgIpc) is 2.49. The Balaban J connectivity index is 0.000000461. The lowest BCUT2D eigenvalue weighted by Gasteiger charge is -1.98. The summed E-state index contributed by atoms with van der Waals surface area (Å²) in [7, 11) is 0. The van der Waals surface area contributed by atoms with E-state index in [4.69, 9.17) is 0 Å². The summed E-state index contributed by atoms with van der Waals surface area (Å²) in [6.45, 7) is 9.96. The Kier molecular flexibility index (Phi) is 3.23. The fourth-order valence-electron chi connectivity index (χ4n) is 1.43. The van der Waals surface area contributed by atoms with Gasteiger partial charge in [-0.2, -0.15) is 0 Å². The molecule has 3 heteroatoms. The molecule has 0 fully saturated rings. The van der Waals surface area contributed by atoms with Crippen LogP contribution in [0, 0.1) is 20.8 Å². The van der Waals surface area contributed by atoms with Crippen molar-refractivity contribution < 1.29 is 0 Å². The lowest BCUT2D eigenvalue weighted by Crippen LogP contribution is -1.93. The first kappa shape index (κ1) is 10.7. The molecule has 2 aromatic heterocycles. The maximum absolute atomic E-state index is 4.35. The number of hydrogen-bond acceptors (Lipinski definition) is 2. The van der Waals surface area contributed by atoms with Crippen LogP contribution in [0.5, 0.6) is 0 Å². The van der Waals surface area contributed by atoms with Crippen molar-refractivity contribution in [1.29, 1.82) is 0 Å². The van der Waals surface area contributed by atoms with Gasteiger partial charge >= 0.3 is 0 Å². The molecule has 0 N–H and O–H groups in total. The van der Waals surface area contributed by atoms with Gasteiger partial charge in [0.05, 0.1) is 17.1 Å². The molecule has 3 nitrogen and oxygen atoms in total. The van der Waals surface area contributed by atoms with Crippen molar-refractivity contribution in [2.24, 2.45) is 0 Å². The molecule has 0 radical (unpaired) electrons. The molecule has 0 saturated carbocycles. The second kappa shape index (κ2) is 4.22. The van der Waals surface area contributed by atoms with Gasteiger partial charge in [-0.05, 0) is 20.8 Å². The summed E-state index contributed by atoms with van der Waals surface area (Å²) in [6.07, 6.45) is 4.00. The first-order chi connectivity index (χ1) is 6.66. The minimum Gasteiger partial charge on any atom is -0.304 e. The van der Waals surface area contributed by atoms with Crippen LogP contribution in [0.1, 0.15) is 30.9 Å². The van der Waals surface area contributed by atoms with E-state index < -0.39 is 0 Å². The Bertz CT molecular complexity index is 429. The summed E-state index contributed by atoms with van der Waals surface area (Å²) < 4.78 is 2.02. The molecule has 2 heterocycles. The van der Waals surface area contributed by atoms with Crippen molar-refractivity contribution >= 4 is 5.65 Å². The zero-order valence-corrected chi connectivity index (χ0v) is 9.50. The topological polar surface area (TPSA) is 30.2 Å². The van der Waals surface area contributed by atoms with Gasteiger partial charge in [0.1, 0.15) is 0 Å². The molecule has 2 aromatic rings. The molecular formula is C11H17N3. The van der Waals surface area contributed by atoms with E-state index in [2.05, 4.69) is 9.97 Å². The van der Waals surface area contributed by atoms with Crippen LogP contribution in [0.2, 0.25) is 0 Å². The Morgan fingerprint density at radius 2 is 1.43 bits per heavy atom. The van der Waals surface area contributed by atoms with Crippen molar-refractivity contribution in [3.05, 3.63) is 29.5 Å². The lowest BCUT2D eigenvalue weighted by molar-refractivity contribution is 1.03. The van der Waals surface area contributed by atoms with Gasteiger partial charge in [0.2, 0.25) is 0 Å². The number of aryl methyl sites for hydroxylation is 3. The van der Waals surface area contributed by atoms with Gasteiger partial charge in [0.15, 0.2) is 5.65 Å². The predicted molar refractivity (Wildman–Crippen MR) is 58.5 cm³/mol. The molecule has 2 rings (SSSR count). The summed E-state index contributed by atoms with van der Waals surface area (Å²) in [4.78, 5) is 8.69. The number of fused-ring (bicyclic) bond motifs is 1. The minimum absolute atomic E-state index is 0.957. The first-order valence-electron chi connectivity index (χ1n) is 4.96. The quantitative estimate of drug-likeness (QED) is 0.641. The molecule has 0 saturated heterocycles. The van der Waals surface area contributed by atoms with E-state index in [-0.39, 0.29) is 0 Å². The largest absolute Gasteiger partial charge is 0.304 e. The van der Waals surface area contributed by atoms with Crippen LogP contribution in [0.25, 0.3) is 5.65 Å². The number of hydrogen-bond donors (Lipinski definition) is 0. The van der Waals surface area contributed by atoms with Gasteiger partial charge in [0.25, 0.3) is 0 Å². The van der Waals surface area contributed by atoms with Gasteiger partial charge in [-0.3, -0.25) is 4.98 Å². The number of nitrogens with zero attached hydrogens (tertiary/aromatic N) is 3. The van der Waals surface area contributed by atoms with Crippen molar-refractivity contribution in [2.75, 3.05) is 0 Å². The van der Waals surface area contributed by atoms with Gasteiger partial charge in [0, 0.05) is 12.4 Å². The van der Waals surface area contributed by atoms with Crippen LogP contribution < -0.4 is 0 Å². The fourth-order valence-corrected chi connectivity index (χ4v) is 1.43. The lowest BCUT2D eigenvalue weighted by atomic mass is 10.4. The van der Waals surface area contributed by atoms with Gasteiger partial charge in [-0.1, -0.05) is 13.8 Å². The Hall–Kier alpha value is -1.38. The predicted octanol–water partition coefficient (Wildman–Crippen LogP) is 2.68. The summed E-state index contributed by atoms with van der Waals surface area (Å²) in [5.74, 6) is 0. The highest BCUT2D eigenvalue weighted by Gasteiger charge is 2.01. The van der Waals surface area contributed by atoms with Gasteiger partial charge in [-0.15, -0.1) is 0 Å². The monoisotopic (exact) mass is 191 g/mol. The molecule has 0 unspecified atom stereocenters. The highest BCUT2D eigenvalue weighted by atomic mass is 15.0. The highest BCUT2D eigenvalue weighted by Crippen LogP contribution is 2.08. The number of aromatic nitrogens is 3. The fraction of sp³-hybridized carbons (Fsp3) is 0.455. The third-order valence-electron chi connectivity index (χ3n) is 1.85. The third kappa shape index (κ3) is 1.92. The summed E-state index contributed by atoms with van der Waals surface area (Å²) >= 11 is 0. The zero-order valence-electron chi connectivity index (χ0n) is 9.50. The van der Waals surface area contributed by atoms with Crippen molar-refractivity contribution in [1.82, 2.24) is 14.4 Å². The standard InChI is InChI=1S/C9H11N3.C2H6/c1-6-4-12-5-7(2)11-9(12)8(3)10-6;1-2/h4-5H,1-3H3;1-2H3. The zero-order chi connectivity index (χ0) is 10.7. The summed E-state index contributed by atoms with van der Waals surface area (Å²) in [5, 5.41) is 0. The van der Waals surface area contributed by atoms with Crippen molar-refractivity contribution in [3.63, 3.8) is 0 Å². The van der Waals surface area contributed by atoms with Crippen LogP contribution >= 0.6 is 0 Å². The van der Waals surface area contributed by atoms with E-state index >= 15 is 0 Å². The minimum atomic E-state index is 0.957. The molecule has 0 aromatic carbocycles. The molecular weight excluding hydrogens is 174 g/mol. The van der Waals surface area contributed by atoms with Crippen LogP contribution in [0.15, 0.2) is 12.4 Å². The van der Waals surface area contributed by atoms with E-state index in [1.165, 1.54) is 0 Å². The molecule has 0 atom stereocenters. The summed E-state index contributed by atoms with van der Waals surface area (Å²) in [6, 6.07) is 0. The molecule has 0 aliphatic carbocycles. The van der Waals surface area contributed by atoms with E-state index in [9.17, 15) is 0 Å². The van der Waals surface area contributed by atoms with Crippen LogP contribution in [0.3, 0.4) is 0 Å². The average molecular weight is 191 g/mol. The van der Waals surface area contributed by atoms with Gasteiger partial charge in [-0.25, -0.2) is 4.98 Å². The van der Waals surface area contributed by atoms with Crippen LogP contribution in [0.4, 0.5) is 0 Å². The molecule has 0 bridgehead atoms. The molecule has 14 heavy (non-hydrogen) atoms. The maximum Gasteiger partial charge on any atom is 0.158 e. The number of rotatable bonds is 0. The maximum atomic E-state index is 4.35. The molecule has 0 spiro atoms. The Labute approximate surface area is 84.8 Å². The third-order valence-corrected chi connectivity index (χ3v) is 1.85.